The average Bonchev–Trinajstić information content (AvgIpc) is 2.55. The standard InChI is InChI=1S/C16H25N3O2/c1-20-12-10-18-8-5-16(6-9-18)14-19(11-13-21-16)15-4-2-3-7-17-15/h2-4,7H,5-6,8-14H2,1H3. The van der Waals surface area contributed by atoms with Gasteiger partial charge in [-0.3, -0.25) is 0 Å². The molecule has 0 saturated carbocycles. The number of ether oxygens (including phenoxy) is 2. The maximum absolute atomic E-state index is 6.18. The molecule has 0 unspecified atom stereocenters. The Labute approximate surface area is 126 Å². The molecule has 0 radical (unpaired) electrons. The third kappa shape index (κ3) is 3.54. The summed E-state index contributed by atoms with van der Waals surface area (Å²) in [6.45, 7) is 6.73. The van der Waals surface area contributed by atoms with Crippen molar-refractivity contribution in [2.75, 3.05) is 57.9 Å². The van der Waals surface area contributed by atoms with Crippen molar-refractivity contribution in [2.24, 2.45) is 0 Å². The summed E-state index contributed by atoms with van der Waals surface area (Å²) < 4.78 is 11.4. The van der Waals surface area contributed by atoms with E-state index in [-0.39, 0.29) is 5.60 Å². The van der Waals surface area contributed by atoms with Gasteiger partial charge in [-0.25, -0.2) is 4.98 Å². The molecule has 0 atom stereocenters. The van der Waals surface area contributed by atoms with Gasteiger partial charge >= 0.3 is 0 Å². The van der Waals surface area contributed by atoms with Gasteiger partial charge in [0.15, 0.2) is 0 Å². The van der Waals surface area contributed by atoms with Crippen molar-refractivity contribution in [3.63, 3.8) is 0 Å². The van der Waals surface area contributed by atoms with E-state index in [0.29, 0.717) is 0 Å². The number of anilines is 1. The fourth-order valence-corrected chi connectivity index (χ4v) is 3.29. The lowest BCUT2D eigenvalue weighted by Gasteiger charge is -2.47. The van der Waals surface area contributed by atoms with Crippen LogP contribution in [0.2, 0.25) is 0 Å². The van der Waals surface area contributed by atoms with E-state index < -0.39 is 0 Å². The Morgan fingerprint density at radius 3 is 2.86 bits per heavy atom. The van der Waals surface area contributed by atoms with E-state index in [4.69, 9.17) is 9.47 Å². The second-order valence-corrected chi connectivity index (χ2v) is 5.98. The van der Waals surface area contributed by atoms with Gasteiger partial charge in [0.25, 0.3) is 0 Å². The summed E-state index contributed by atoms with van der Waals surface area (Å²) in [5, 5.41) is 0. The molecule has 5 nitrogen and oxygen atoms in total. The van der Waals surface area contributed by atoms with Gasteiger partial charge in [-0.15, -0.1) is 0 Å². The van der Waals surface area contributed by atoms with E-state index in [1.807, 2.05) is 12.3 Å². The Balaban J connectivity index is 1.59. The first-order valence-corrected chi connectivity index (χ1v) is 7.83. The summed E-state index contributed by atoms with van der Waals surface area (Å²) in [4.78, 5) is 9.32. The predicted octanol–water partition coefficient (Wildman–Crippen LogP) is 1.40. The summed E-state index contributed by atoms with van der Waals surface area (Å²) in [6, 6.07) is 6.11. The molecule has 2 aliphatic heterocycles. The van der Waals surface area contributed by atoms with Crippen LogP contribution in [0.4, 0.5) is 5.82 Å². The molecule has 2 aliphatic rings. The van der Waals surface area contributed by atoms with E-state index in [1.54, 1.807) is 7.11 Å². The summed E-state index contributed by atoms with van der Waals surface area (Å²) in [7, 11) is 1.76. The molecule has 5 heteroatoms. The van der Waals surface area contributed by atoms with E-state index in [9.17, 15) is 0 Å². The SMILES string of the molecule is COCCN1CCC2(CC1)CN(c1ccccn1)CCO2. The third-order valence-electron chi connectivity index (χ3n) is 4.60. The largest absolute Gasteiger partial charge is 0.383 e. The summed E-state index contributed by atoms with van der Waals surface area (Å²) in [6.07, 6.45) is 4.06. The maximum atomic E-state index is 6.18. The molecule has 3 rings (SSSR count). The van der Waals surface area contributed by atoms with Crippen LogP contribution < -0.4 is 4.90 Å². The molecular formula is C16H25N3O2. The number of rotatable bonds is 4. The molecule has 1 aromatic heterocycles. The van der Waals surface area contributed by atoms with Crippen molar-refractivity contribution >= 4 is 5.82 Å². The van der Waals surface area contributed by atoms with Crippen LogP contribution >= 0.6 is 0 Å². The van der Waals surface area contributed by atoms with Crippen LogP contribution in [0.25, 0.3) is 0 Å². The van der Waals surface area contributed by atoms with E-state index in [2.05, 4.69) is 26.9 Å². The minimum atomic E-state index is 0.0132. The van der Waals surface area contributed by atoms with Gasteiger partial charge in [0.1, 0.15) is 5.82 Å². The lowest BCUT2D eigenvalue weighted by molar-refractivity contribution is -0.0925. The van der Waals surface area contributed by atoms with Gasteiger partial charge in [0.05, 0.1) is 18.8 Å². The predicted molar refractivity (Wildman–Crippen MR) is 82.7 cm³/mol. The van der Waals surface area contributed by atoms with E-state index in [0.717, 1.165) is 64.6 Å². The number of morpholine rings is 1. The molecule has 116 valence electrons. The fourth-order valence-electron chi connectivity index (χ4n) is 3.29. The van der Waals surface area contributed by atoms with Crippen molar-refractivity contribution < 1.29 is 9.47 Å². The summed E-state index contributed by atoms with van der Waals surface area (Å²) >= 11 is 0. The second kappa shape index (κ2) is 6.73. The van der Waals surface area contributed by atoms with E-state index >= 15 is 0 Å². The molecule has 2 fully saturated rings. The van der Waals surface area contributed by atoms with Crippen LogP contribution in [-0.4, -0.2) is 68.5 Å². The van der Waals surface area contributed by atoms with Gasteiger partial charge in [0.2, 0.25) is 0 Å². The Bertz CT molecular complexity index is 432. The van der Waals surface area contributed by atoms with Gasteiger partial charge in [0, 0.05) is 46.0 Å². The number of hydrogen-bond acceptors (Lipinski definition) is 5. The smallest absolute Gasteiger partial charge is 0.128 e. The van der Waals surface area contributed by atoms with Crippen molar-refractivity contribution in [1.29, 1.82) is 0 Å². The van der Waals surface area contributed by atoms with Crippen LogP contribution in [0.5, 0.6) is 0 Å². The van der Waals surface area contributed by atoms with Crippen LogP contribution in [0.3, 0.4) is 0 Å². The Morgan fingerprint density at radius 1 is 1.29 bits per heavy atom. The molecule has 0 bridgehead atoms. The second-order valence-electron chi connectivity index (χ2n) is 5.98. The van der Waals surface area contributed by atoms with Crippen molar-refractivity contribution in [3.8, 4) is 0 Å². The zero-order valence-corrected chi connectivity index (χ0v) is 12.8. The van der Waals surface area contributed by atoms with Crippen molar-refractivity contribution in [3.05, 3.63) is 24.4 Å². The van der Waals surface area contributed by atoms with Gasteiger partial charge < -0.3 is 19.3 Å². The molecule has 0 aromatic carbocycles. The van der Waals surface area contributed by atoms with Gasteiger partial charge in [-0.05, 0) is 25.0 Å². The van der Waals surface area contributed by atoms with Crippen LogP contribution in [0, 0.1) is 0 Å². The molecular weight excluding hydrogens is 266 g/mol. The summed E-state index contributed by atoms with van der Waals surface area (Å²) in [5.74, 6) is 1.07. The average molecular weight is 291 g/mol. The number of piperidine rings is 1. The first-order valence-electron chi connectivity index (χ1n) is 7.83. The van der Waals surface area contributed by atoms with Crippen LogP contribution in [0.1, 0.15) is 12.8 Å². The Morgan fingerprint density at radius 2 is 2.14 bits per heavy atom. The first-order chi connectivity index (χ1) is 10.3. The number of aromatic nitrogens is 1. The maximum Gasteiger partial charge on any atom is 0.128 e. The number of likely N-dealkylation sites (tertiary alicyclic amines) is 1. The highest BCUT2D eigenvalue weighted by molar-refractivity contribution is 5.39. The van der Waals surface area contributed by atoms with E-state index in [1.165, 1.54) is 0 Å². The normalized spacial score (nSPS) is 22.6. The van der Waals surface area contributed by atoms with Crippen LogP contribution in [-0.2, 0) is 9.47 Å². The number of nitrogens with zero attached hydrogens (tertiary/aromatic N) is 3. The van der Waals surface area contributed by atoms with Gasteiger partial charge in [-0.2, -0.15) is 0 Å². The zero-order chi connectivity index (χ0) is 14.5. The molecule has 2 saturated heterocycles. The number of hydrogen-bond donors (Lipinski definition) is 0. The highest BCUT2D eigenvalue weighted by atomic mass is 16.5. The minimum Gasteiger partial charge on any atom is -0.383 e. The lowest BCUT2D eigenvalue weighted by Crippen LogP contribution is -2.57. The molecule has 0 N–H and O–H groups in total. The first kappa shape index (κ1) is 14.8. The monoisotopic (exact) mass is 291 g/mol. The van der Waals surface area contributed by atoms with Gasteiger partial charge in [-0.1, -0.05) is 6.07 Å². The zero-order valence-electron chi connectivity index (χ0n) is 12.8. The highest BCUT2D eigenvalue weighted by Gasteiger charge is 2.39. The quantitative estimate of drug-likeness (QED) is 0.838. The van der Waals surface area contributed by atoms with Crippen molar-refractivity contribution in [2.45, 2.75) is 18.4 Å². The molecule has 21 heavy (non-hydrogen) atoms. The number of methoxy groups -OCH3 is 1. The third-order valence-corrected chi connectivity index (χ3v) is 4.60. The number of pyridine rings is 1. The topological polar surface area (TPSA) is 37.8 Å². The minimum absolute atomic E-state index is 0.0132. The molecule has 0 aliphatic carbocycles. The highest BCUT2D eigenvalue weighted by Crippen LogP contribution is 2.31. The Kier molecular flexibility index (Phi) is 4.73. The molecule has 3 heterocycles. The Hall–Kier alpha value is -1.17. The summed E-state index contributed by atoms with van der Waals surface area (Å²) in [5.41, 5.74) is 0.0132. The molecule has 1 spiro atoms. The lowest BCUT2D eigenvalue weighted by atomic mass is 9.89. The molecule has 0 amide bonds. The fraction of sp³-hybridized carbons (Fsp3) is 0.688. The van der Waals surface area contributed by atoms with Crippen LogP contribution in [0.15, 0.2) is 24.4 Å². The molecule has 1 aromatic rings. The van der Waals surface area contributed by atoms with Crippen molar-refractivity contribution in [1.82, 2.24) is 9.88 Å².